The lowest BCUT2D eigenvalue weighted by atomic mass is 9.85. The normalized spacial score (nSPS) is 15.3. The Labute approximate surface area is 149 Å². The van der Waals surface area contributed by atoms with Crippen molar-refractivity contribution in [1.29, 1.82) is 0 Å². The Bertz CT molecular complexity index is 821. The van der Waals surface area contributed by atoms with Crippen molar-refractivity contribution in [1.82, 2.24) is 0 Å². The molecule has 1 aliphatic rings. The Balaban J connectivity index is 2.26. The van der Waals surface area contributed by atoms with Crippen LogP contribution in [0.4, 0.5) is 5.69 Å². The maximum Gasteiger partial charge on any atom is 0.126 e. The molecule has 2 aromatic rings. The van der Waals surface area contributed by atoms with Crippen molar-refractivity contribution in [3.05, 3.63) is 53.1 Å². The predicted octanol–water partition coefficient (Wildman–Crippen LogP) is 6.02. The molecule has 0 spiro atoms. The number of rotatable bonds is 3. The maximum absolute atomic E-state index is 6.39. The molecule has 0 saturated heterocycles. The van der Waals surface area contributed by atoms with Crippen LogP contribution in [0, 0.1) is 6.92 Å². The lowest BCUT2D eigenvalue weighted by Gasteiger charge is -2.33. The van der Waals surface area contributed by atoms with Gasteiger partial charge in [-0.1, -0.05) is 23.8 Å². The van der Waals surface area contributed by atoms with Gasteiger partial charge >= 0.3 is 0 Å². The monoisotopic (exact) mass is 341 g/mol. The number of nitrogens with one attached hydrogen (secondary N) is 1. The molecule has 3 heteroatoms. The Morgan fingerprint density at radius 1 is 1.08 bits per heavy atom. The van der Waals surface area contributed by atoms with Crippen molar-refractivity contribution in [3.8, 4) is 16.9 Å². The highest BCUT2D eigenvalue weighted by Crippen LogP contribution is 2.43. The van der Waals surface area contributed by atoms with Crippen molar-refractivity contribution >= 4 is 22.9 Å². The molecular formula is C21H24ClNO. The van der Waals surface area contributed by atoms with Crippen LogP contribution >= 0.6 is 11.6 Å². The van der Waals surface area contributed by atoms with E-state index in [0.717, 1.165) is 28.1 Å². The largest absolute Gasteiger partial charge is 0.496 e. The second-order valence-corrected chi connectivity index (χ2v) is 7.29. The van der Waals surface area contributed by atoms with Crippen LogP contribution in [0.3, 0.4) is 0 Å². The molecule has 0 bridgehead atoms. The molecule has 0 amide bonds. The van der Waals surface area contributed by atoms with Crippen molar-refractivity contribution in [2.24, 2.45) is 0 Å². The van der Waals surface area contributed by atoms with Gasteiger partial charge in [0.25, 0.3) is 0 Å². The van der Waals surface area contributed by atoms with Crippen molar-refractivity contribution in [2.75, 3.05) is 12.4 Å². The molecular weight excluding hydrogens is 318 g/mol. The fourth-order valence-electron chi connectivity index (χ4n) is 3.62. The zero-order valence-corrected chi connectivity index (χ0v) is 15.7. The summed E-state index contributed by atoms with van der Waals surface area (Å²) in [6.45, 7) is 8.61. The topological polar surface area (TPSA) is 21.3 Å². The van der Waals surface area contributed by atoms with E-state index in [1.807, 2.05) is 6.07 Å². The van der Waals surface area contributed by atoms with Crippen LogP contribution in [-0.2, 0) is 5.88 Å². The molecule has 1 aliphatic heterocycles. The zero-order chi connectivity index (χ0) is 17.5. The third-order valence-corrected chi connectivity index (χ3v) is 4.79. The molecule has 0 unspecified atom stereocenters. The lowest BCUT2D eigenvalue weighted by Crippen LogP contribution is -2.31. The third-order valence-electron chi connectivity index (χ3n) is 4.52. The Kier molecular flexibility index (Phi) is 4.35. The molecule has 0 aliphatic carbocycles. The molecule has 24 heavy (non-hydrogen) atoms. The molecule has 0 aromatic heterocycles. The summed E-state index contributed by atoms with van der Waals surface area (Å²) in [5.41, 5.74) is 8.15. The number of aryl methyl sites for hydroxylation is 1. The summed E-state index contributed by atoms with van der Waals surface area (Å²) in [4.78, 5) is 0. The van der Waals surface area contributed by atoms with Gasteiger partial charge in [-0.2, -0.15) is 0 Å². The number of ether oxygens (including phenoxy) is 1. The van der Waals surface area contributed by atoms with Crippen LogP contribution in [0.5, 0.6) is 5.75 Å². The highest BCUT2D eigenvalue weighted by Gasteiger charge is 2.26. The smallest absolute Gasteiger partial charge is 0.126 e. The number of fused-ring (bicyclic) bond motifs is 1. The molecule has 1 N–H and O–H groups in total. The summed E-state index contributed by atoms with van der Waals surface area (Å²) in [7, 11) is 1.71. The van der Waals surface area contributed by atoms with Gasteiger partial charge in [0, 0.05) is 22.7 Å². The molecule has 126 valence electrons. The molecule has 0 radical (unpaired) electrons. The van der Waals surface area contributed by atoms with Crippen LogP contribution in [-0.4, -0.2) is 12.6 Å². The van der Waals surface area contributed by atoms with Crippen LogP contribution < -0.4 is 10.1 Å². The van der Waals surface area contributed by atoms with E-state index < -0.39 is 0 Å². The number of methoxy groups -OCH3 is 1. The van der Waals surface area contributed by atoms with E-state index in [4.69, 9.17) is 16.3 Å². The average Bonchev–Trinajstić information content (AvgIpc) is 2.52. The Morgan fingerprint density at radius 3 is 2.50 bits per heavy atom. The predicted molar refractivity (Wildman–Crippen MR) is 104 cm³/mol. The van der Waals surface area contributed by atoms with Gasteiger partial charge in [0.2, 0.25) is 0 Å². The summed E-state index contributed by atoms with van der Waals surface area (Å²) in [6.07, 6.45) is 2.27. The number of allylic oxidation sites excluding steroid dienone is 1. The van der Waals surface area contributed by atoms with E-state index in [1.165, 1.54) is 16.7 Å². The quantitative estimate of drug-likeness (QED) is 0.689. The minimum absolute atomic E-state index is 0.0524. The van der Waals surface area contributed by atoms with Crippen LogP contribution in [0.25, 0.3) is 16.7 Å². The van der Waals surface area contributed by atoms with Crippen LogP contribution in [0.15, 0.2) is 36.4 Å². The molecule has 1 heterocycles. The Morgan fingerprint density at radius 2 is 1.83 bits per heavy atom. The van der Waals surface area contributed by atoms with E-state index in [2.05, 4.69) is 63.4 Å². The van der Waals surface area contributed by atoms with Gasteiger partial charge in [-0.15, -0.1) is 11.6 Å². The summed E-state index contributed by atoms with van der Waals surface area (Å²) < 4.78 is 5.58. The fourth-order valence-corrected chi connectivity index (χ4v) is 3.90. The minimum Gasteiger partial charge on any atom is -0.496 e. The average molecular weight is 342 g/mol. The second kappa shape index (κ2) is 6.18. The van der Waals surface area contributed by atoms with E-state index in [-0.39, 0.29) is 5.54 Å². The fraction of sp³-hybridized carbons (Fsp3) is 0.333. The lowest BCUT2D eigenvalue weighted by molar-refractivity contribution is 0.416. The standard InChI is InChI=1S/C21H24ClNO/c1-13-6-9-19(24-5)16(10-13)15-7-8-18-20(17(15)12-22)14(2)11-21(3,4)23-18/h6-11,23H,12H2,1-5H3. The molecule has 0 fully saturated rings. The maximum atomic E-state index is 6.39. The van der Waals surface area contributed by atoms with Gasteiger partial charge in [-0.25, -0.2) is 0 Å². The number of alkyl halides is 1. The summed E-state index contributed by atoms with van der Waals surface area (Å²) in [6, 6.07) is 10.6. The number of hydrogen-bond donors (Lipinski definition) is 1. The first-order chi connectivity index (χ1) is 11.4. The van der Waals surface area contributed by atoms with Crippen LogP contribution in [0.2, 0.25) is 0 Å². The highest BCUT2D eigenvalue weighted by molar-refractivity contribution is 6.18. The SMILES string of the molecule is COc1ccc(C)cc1-c1ccc2c(c1CCl)C(C)=CC(C)(C)N2. The number of benzene rings is 2. The van der Waals surface area contributed by atoms with Gasteiger partial charge in [-0.3, -0.25) is 0 Å². The summed E-state index contributed by atoms with van der Waals surface area (Å²) in [5.74, 6) is 1.33. The molecule has 3 rings (SSSR count). The van der Waals surface area contributed by atoms with E-state index in [0.29, 0.717) is 5.88 Å². The summed E-state index contributed by atoms with van der Waals surface area (Å²) >= 11 is 6.39. The van der Waals surface area contributed by atoms with E-state index in [1.54, 1.807) is 7.11 Å². The Hall–Kier alpha value is -1.93. The van der Waals surface area contributed by atoms with Gasteiger partial charge in [0.15, 0.2) is 0 Å². The molecule has 2 nitrogen and oxygen atoms in total. The van der Waals surface area contributed by atoms with Crippen molar-refractivity contribution in [3.63, 3.8) is 0 Å². The van der Waals surface area contributed by atoms with Crippen molar-refractivity contribution in [2.45, 2.75) is 39.1 Å². The summed E-state index contributed by atoms with van der Waals surface area (Å²) in [5, 5.41) is 3.59. The molecule has 0 saturated carbocycles. The van der Waals surface area contributed by atoms with Crippen LogP contribution in [0.1, 0.15) is 37.5 Å². The van der Waals surface area contributed by atoms with Gasteiger partial charge in [-0.05, 0) is 62.6 Å². The first-order valence-electron chi connectivity index (χ1n) is 8.21. The zero-order valence-electron chi connectivity index (χ0n) is 15.0. The molecule has 2 aromatic carbocycles. The highest BCUT2D eigenvalue weighted by atomic mass is 35.5. The van der Waals surface area contributed by atoms with Gasteiger partial charge in [0.05, 0.1) is 12.6 Å². The third kappa shape index (κ3) is 2.91. The van der Waals surface area contributed by atoms with E-state index >= 15 is 0 Å². The van der Waals surface area contributed by atoms with E-state index in [9.17, 15) is 0 Å². The first-order valence-corrected chi connectivity index (χ1v) is 8.74. The number of halogens is 1. The van der Waals surface area contributed by atoms with Crippen molar-refractivity contribution < 1.29 is 4.74 Å². The first kappa shape index (κ1) is 16.9. The minimum atomic E-state index is -0.0524. The molecule has 0 atom stereocenters. The van der Waals surface area contributed by atoms with Gasteiger partial charge < -0.3 is 10.1 Å². The number of hydrogen-bond acceptors (Lipinski definition) is 2. The van der Waals surface area contributed by atoms with Gasteiger partial charge in [0.1, 0.15) is 5.75 Å². The second-order valence-electron chi connectivity index (χ2n) is 7.03. The number of anilines is 1.